The van der Waals surface area contributed by atoms with E-state index in [0.29, 0.717) is 63.7 Å². The Morgan fingerprint density at radius 1 is 0.677 bits per heavy atom. The van der Waals surface area contributed by atoms with Crippen molar-refractivity contribution in [2.24, 2.45) is 16.7 Å². The van der Waals surface area contributed by atoms with Gasteiger partial charge < -0.3 is 63.3 Å². The third kappa shape index (κ3) is 19.0. The van der Waals surface area contributed by atoms with Gasteiger partial charge in [-0.25, -0.2) is 26.4 Å². The average molecular weight is 1780 g/mol. The number of nitrogens with one attached hydrogen (secondary N) is 2. The third-order valence-electron chi connectivity index (χ3n) is 27.1. The number of carbonyl (C=O) groups excluding carboxylic acids is 7. The van der Waals surface area contributed by atoms with Crippen molar-refractivity contribution in [3.05, 3.63) is 250 Å². The summed E-state index contributed by atoms with van der Waals surface area (Å²) in [6, 6.07) is 47.6. The number of ketones is 1. The second-order valence-corrected chi connectivity index (χ2v) is 39.2. The van der Waals surface area contributed by atoms with Crippen LogP contribution in [0.3, 0.4) is 0 Å². The van der Waals surface area contributed by atoms with E-state index in [1.54, 1.807) is 92.7 Å². The number of allylic oxidation sites excluding steroid dienone is 7. The van der Waals surface area contributed by atoms with Gasteiger partial charge in [0.15, 0.2) is 23.2 Å². The standard InChI is InChI=1S/C99H112N4O21S2.Na/c1-61-75(59-99(112)90(123-92(110)70-38-19-13-20-39-70)88-97(10,78(106)58-79-98(88,60-119-79)124-63(3)105)89(108)86(120-62(2)104)81(61)96(99,8)9)121-93(111)87(85(66-34-15-11-16-35-66)101-91(109)69-36-17-12-18-37-69)122-80(107)44-21-14-26-53-100-84-67(47-51-76-94(4,5)82-71-42-24-22-32-64(71)45-49-73(82)102(76)54-27-29-56-125(113,114)115)40-31-41-68(84)48-52-77-95(6,7)83-72-43-25-23-33-65(72)46-50-74(83)103(77)55-28-30-57-126(116,117)118;/h11-13,15-20,22-25,32-39,42-43,45-52,75,78-79,85-88,90,106,112H,14,21,26-31,40-41,44,53-60H2,1-10H3,(H3,101,109,113,114,115,116,117,118);/q;+1/p-1/b67-47+,76-51-;/t75-,78-,79+,85-,86+,87+,88-,90-,97+,98-,99+;/m0./s1. The van der Waals surface area contributed by atoms with Crippen LogP contribution in [0.5, 0.6) is 0 Å². The van der Waals surface area contributed by atoms with Crippen molar-refractivity contribution in [2.45, 2.75) is 217 Å². The predicted octanol–water partition coefficient (Wildman–Crippen LogP) is 11.1. The van der Waals surface area contributed by atoms with E-state index < -0.39 is 161 Å². The number of esters is 5. The van der Waals surface area contributed by atoms with E-state index in [1.165, 1.54) is 26.0 Å². The van der Waals surface area contributed by atoms with Crippen molar-refractivity contribution in [1.29, 1.82) is 0 Å². The molecule has 0 unspecified atom stereocenters. The molecule has 3 heterocycles. The fourth-order valence-corrected chi connectivity index (χ4v) is 21.9. The predicted molar refractivity (Wildman–Crippen MR) is 473 cm³/mol. The Morgan fingerprint density at radius 3 is 1.92 bits per heavy atom. The van der Waals surface area contributed by atoms with Gasteiger partial charge in [0.2, 0.25) is 11.8 Å². The summed E-state index contributed by atoms with van der Waals surface area (Å²) in [4.78, 5) is 106. The van der Waals surface area contributed by atoms with E-state index in [-0.39, 0.29) is 90.5 Å². The van der Waals surface area contributed by atoms with Crippen LogP contribution in [-0.2, 0) is 83.5 Å². The Kier molecular flexibility index (Phi) is 28.5. The molecule has 127 heavy (non-hydrogen) atoms. The van der Waals surface area contributed by atoms with Crippen molar-refractivity contribution in [2.75, 3.05) is 42.6 Å². The molecule has 3 fully saturated rings. The molecular formula is C99H111N4NaO21S2. The molecule has 1 amide bonds. The maximum Gasteiger partial charge on any atom is 1.00 e. The maximum atomic E-state index is 16.2. The second kappa shape index (κ2) is 38.1. The van der Waals surface area contributed by atoms with Crippen LogP contribution in [-0.4, -0.2) is 174 Å². The molecule has 4 N–H and O–H groups in total. The molecule has 3 aliphatic heterocycles. The Morgan fingerprint density at radius 2 is 1.29 bits per heavy atom. The number of anilines is 1. The molecule has 1 saturated heterocycles. The molecule has 0 aromatic heterocycles. The molecule has 7 aliphatic rings. The summed E-state index contributed by atoms with van der Waals surface area (Å²) < 4.78 is 112. The summed E-state index contributed by atoms with van der Waals surface area (Å²) >= 11 is 0. The maximum absolute atomic E-state index is 16.2. The summed E-state index contributed by atoms with van der Waals surface area (Å²) in [5, 5.41) is 38.0. The topological polar surface area (TPSA) is 360 Å². The van der Waals surface area contributed by atoms with Gasteiger partial charge in [0, 0.05) is 115 Å². The fraction of sp³-hybridized carbons (Fsp3) is 0.434. The Balaban J connectivity index is 0.0000138. The molecule has 28 heteroatoms. The van der Waals surface area contributed by atoms with Crippen LogP contribution in [0, 0.1) is 16.7 Å². The average Bonchev–Trinajstić information content (AvgIpc) is 1.31. The fourth-order valence-electron chi connectivity index (χ4n) is 20.8. The number of fused-ring (bicyclic) bond motifs is 11. The minimum Gasteiger partial charge on any atom is -0.748 e. The molecule has 14 rings (SSSR count). The van der Waals surface area contributed by atoms with Crippen molar-refractivity contribution in [3.63, 3.8) is 0 Å². The minimum absolute atomic E-state index is 0. The van der Waals surface area contributed by atoms with Crippen LogP contribution in [0.2, 0.25) is 0 Å². The van der Waals surface area contributed by atoms with Gasteiger partial charge in [-0.15, -0.1) is 0 Å². The molecule has 0 radical (unpaired) electrons. The van der Waals surface area contributed by atoms with E-state index >= 15 is 14.4 Å². The van der Waals surface area contributed by atoms with Gasteiger partial charge >= 0.3 is 59.4 Å². The molecule has 2 saturated carbocycles. The van der Waals surface area contributed by atoms with Crippen molar-refractivity contribution in [1.82, 2.24) is 10.6 Å². The quantitative estimate of drug-likeness (QED) is 0.00596. The van der Waals surface area contributed by atoms with E-state index in [4.69, 9.17) is 28.4 Å². The van der Waals surface area contributed by atoms with Gasteiger partial charge in [-0.3, -0.25) is 24.0 Å². The van der Waals surface area contributed by atoms with Crippen molar-refractivity contribution < 1.29 is 132 Å². The monoisotopic (exact) mass is 1780 g/mol. The van der Waals surface area contributed by atoms with E-state index in [9.17, 15) is 55.3 Å². The summed E-state index contributed by atoms with van der Waals surface area (Å²) in [7, 11) is -8.91. The molecule has 7 aromatic carbocycles. The van der Waals surface area contributed by atoms with Crippen LogP contribution in [0.25, 0.3) is 21.5 Å². The van der Waals surface area contributed by atoms with Gasteiger partial charge in [-0.2, -0.15) is 4.58 Å². The van der Waals surface area contributed by atoms with Gasteiger partial charge in [0.05, 0.1) is 55.3 Å². The molecule has 2 bridgehead atoms. The molecule has 4 aliphatic carbocycles. The Bertz CT molecular complexity index is 5870. The summed E-state index contributed by atoms with van der Waals surface area (Å²) in [6.07, 6.45) is 1.67. The number of hydrogen-bond acceptors (Lipinski definition) is 23. The van der Waals surface area contributed by atoms with Gasteiger partial charge in [-0.05, 0) is 176 Å². The van der Waals surface area contributed by atoms with Crippen LogP contribution in [0.4, 0.5) is 11.4 Å². The van der Waals surface area contributed by atoms with Crippen LogP contribution >= 0.6 is 0 Å². The summed E-state index contributed by atoms with van der Waals surface area (Å²) in [5.41, 5.74) is 0.118. The summed E-state index contributed by atoms with van der Waals surface area (Å²) in [5.74, 6) is -9.06. The molecule has 7 aromatic rings. The number of nitrogens with zero attached hydrogens (tertiary/aromatic N) is 2. The van der Waals surface area contributed by atoms with E-state index in [0.717, 1.165) is 92.6 Å². The molecule has 666 valence electrons. The number of carbonyl (C=O) groups is 7. The first kappa shape index (κ1) is 94.8. The molecular weight excluding hydrogens is 1670 g/mol. The number of hydrogen-bond donors (Lipinski definition) is 4. The number of unbranched alkanes of at least 4 members (excludes halogenated alkanes) is 4. The van der Waals surface area contributed by atoms with Crippen LogP contribution < -0.4 is 45.1 Å². The molecule has 11 atom stereocenters. The zero-order chi connectivity index (χ0) is 90.2. The summed E-state index contributed by atoms with van der Waals surface area (Å²) in [6.45, 7) is 17.9. The number of aliphatic hydroxyl groups excluding tert-OH is 1. The first-order valence-electron chi connectivity index (χ1n) is 43.4. The normalized spacial score (nSPS) is 25.0. The van der Waals surface area contributed by atoms with Gasteiger partial charge in [-0.1, -0.05) is 168 Å². The Hall–Kier alpha value is -9.78. The van der Waals surface area contributed by atoms with E-state index in [1.807, 2.05) is 24.3 Å². The first-order valence-corrected chi connectivity index (χ1v) is 46.6. The molecule has 25 nitrogen and oxygen atoms in total. The number of Topliss-reactive ketones (excluding diaryl/α,β-unsaturated/α-hetero) is 1. The van der Waals surface area contributed by atoms with Crippen molar-refractivity contribution in [3.8, 4) is 0 Å². The number of amides is 1. The zero-order valence-corrected chi connectivity index (χ0v) is 77.4. The smallest absolute Gasteiger partial charge is 0.748 e. The number of aliphatic hydroxyl groups is 2. The SMILES string of the molecule is CC(=O)O[C@H]1C(=O)[C@@]2(C)[C@H]([C@H](OC(=O)c3ccccc3)[C@]3(O)C[C@H](OC(=O)[C@H](OC(=O)CCCCCNC4=C(/C=C\C5=[N+](CCCCS(=O)(=O)[O-])c6ccc7ccccc7c6C5(C)C)CCC/C4=C\C=C4/N(CCCCS(=O)(=O)[O-])c5ccc6ccccc6c5C4(C)C)[C@@H](NC(=O)c4ccccc4)c4ccccc4)C(C)=C1C3(C)C)[C@]1(OC(C)=O)CO[C@@H]1C[C@@H]2O.[Na+]. The van der Waals surface area contributed by atoms with Crippen LogP contribution in [0.1, 0.15) is 196 Å². The number of ether oxygens (including phenoxy) is 6. The van der Waals surface area contributed by atoms with Crippen molar-refractivity contribution >= 4 is 100 Å². The second-order valence-electron chi connectivity index (χ2n) is 36.1. The van der Waals surface area contributed by atoms with E-state index in [2.05, 4.69) is 121 Å². The van der Waals surface area contributed by atoms with Crippen LogP contribution in [0.15, 0.2) is 222 Å². The zero-order valence-electron chi connectivity index (χ0n) is 73.8. The first-order chi connectivity index (χ1) is 59.8. The minimum atomic E-state index is -4.46. The number of rotatable bonds is 31. The van der Waals surface area contributed by atoms with Gasteiger partial charge in [0.1, 0.15) is 36.5 Å². The third-order valence-corrected chi connectivity index (χ3v) is 28.6. The largest absolute Gasteiger partial charge is 1.00 e. The Labute approximate surface area is 764 Å². The molecule has 0 spiro atoms. The number of benzene rings is 7. The van der Waals surface area contributed by atoms with Gasteiger partial charge in [0.25, 0.3) is 5.91 Å².